The highest BCUT2D eigenvalue weighted by atomic mass is 16.2. The largest absolute Gasteiger partial charge is 0.396 e. The first-order valence-corrected chi connectivity index (χ1v) is 5.89. The molecule has 4 heteroatoms. The predicted molar refractivity (Wildman–Crippen MR) is 68.9 cm³/mol. The third kappa shape index (κ3) is 2.91. The van der Waals surface area contributed by atoms with Gasteiger partial charge in [0.05, 0.1) is 6.20 Å². The van der Waals surface area contributed by atoms with Crippen molar-refractivity contribution in [2.45, 2.75) is 25.8 Å². The molecule has 1 heterocycles. The molecule has 2 aromatic rings. The number of aliphatic hydroxyl groups is 1. The molecule has 0 saturated heterocycles. The maximum atomic E-state index is 8.80. The van der Waals surface area contributed by atoms with Crippen LogP contribution in [0.2, 0.25) is 0 Å². The van der Waals surface area contributed by atoms with Crippen LogP contribution in [0.25, 0.3) is 10.8 Å². The highest BCUT2D eigenvalue weighted by Gasteiger charge is 2.06. The standard InChI is InChI=1S/C13H17N3O/c1-10(5-4-8-17)15-13-12-7-3-2-6-11(12)9-14-16-13/h2-3,6-7,9-10,17H,4-5,8H2,1H3,(H,15,16). The Morgan fingerprint density at radius 2 is 2.18 bits per heavy atom. The van der Waals surface area contributed by atoms with E-state index in [-0.39, 0.29) is 12.6 Å². The number of hydrogen-bond acceptors (Lipinski definition) is 4. The number of fused-ring (bicyclic) bond motifs is 1. The molecule has 0 aliphatic heterocycles. The van der Waals surface area contributed by atoms with Gasteiger partial charge in [-0.2, -0.15) is 5.10 Å². The van der Waals surface area contributed by atoms with Crippen molar-refractivity contribution in [1.29, 1.82) is 0 Å². The van der Waals surface area contributed by atoms with Crippen molar-refractivity contribution in [3.63, 3.8) is 0 Å². The molecule has 2 rings (SSSR count). The van der Waals surface area contributed by atoms with E-state index in [1.165, 1.54) is 0 Å². The second kappa shape index (κ2) is 5.59. The quantitative estimate of drug-likeness (QED) is 0.828. The van der Waals surface area contributed by atoms with Gasteiger partial charge in [-0.15, -0.1) is 5.10 Å². The zero-order valence-corrected chi connectivity index (χ0v) is 9.93. The van der Waals surface area contributed by atoms with Crippen LogP contribution in [0.15, 0.2) is 30.5 Å². The Morgan fingerprint density at radius 3 is 3.00 bits per heavy atom. The lowest BCUT2D eigenvalue weighted by Gasteiger charge is -2.14. The van der Waals surface area contributed by atoms with Gasteiger partial charge in [0, 0.05) is 23.4 Å². The molecule has 1 atom stereocenters. The zero-order chi connectivity index (χ0) is 12.1. The summed E-state index contributed by atoms with van der Waals surface area (Å²) in [5.41, 5.74) is 0. The summed E-state index contributed by atoms with van der Waals surface area (Å²) >= 11 is 0. The summed E-state index contributed by atoms with van der Waals surface area (Å²) in [5.74, 6) is 0.813. The van der Waals surface area contributed by atoms with E-state index in [0.29, 0.717) is 0 Å². The van der Waals surface area contributed by atoms with Gasteiger partial charge in [-0.1, -0.05) is 24.3 Å². The molecule has 1 aromatic carbocycles. The fourth-order valence-electron chi connectivity index (χ4n) is 1.84. The Balaban J connectivity index is 2.18. The summed E-state index contributed by atoms with van der Waals surface area (Å²) in [6.07, 6.45) is 3.48. The van der Waals surface area contributed by atoms with Crippen LogP contribution < -0.4 is 5.32 Å². The summed E-state index contributed by atoms with van der Waals surface area (Å²) in [7, 11) is 0. The normalized spacial score (nSPS) is 12.6. The zero-order valence-electron chi connectivity index (χ0n) is 9.93. The molecule has 0 aliphatic carbocycles. The molecular formula is C13H17N3O. The van der Waals surface area contributed by atoms with Crippen molar-refractivity contribution in [3.05, 3.63) is 30.5 Å². The number of benzene rings is 1. The molecule has 0 aliphatic rings. The van der Waals surface area contributed by atoms with Crippen LogP contribution in [-0.2, 0) is 0 Å². The third-order valence-corrected chi connectivity index (χ3v) is 2.75. The van der Waals surface area contributed by atoms with Gasteiger partial charge in [-0.3, -0.25) is 0 Å². The van der Waals surface area contributed by atoms with Crippen LogP contribution in [0.3, 0.4) is 0 Å². The monoisotopic (exact) mass is 231 g/mol. The van der Waals surface area contributed by atoms with E-state index in [1.54, 1.807) is 6.20 Å². The van der Waals surface area contributed by atoms with Crippen molar-refractivity contribution < 1.29 is 5.11 Å². The summed E-state index contributed by atoms with van der Waals surface area (Å²) in [5, 5.41) is 22.4. The molecule has 0 bridgehead atoms. The predicted octanol–water partition coefficient (Wildman–Crippen LogP) is 2.20. The van der Waals surface area contributed by atoms with Crippen molar-refractivity contribution in [1.82, 2.24) is 10.2 Å². The molecule has 17 heavy (non-hydrogen) atoms. The smallest absolute Gasteiger partial charge is 0.156 e. The van der Waals surface area contributed by atoms with Crippen LogP contribution in [0.4, 0.5) is 5.82 Å². The highest BCUT2D eigenvalue weighted by molar-refractivity contribution is 5.90. The van der Waals surface area contributed by atoms with E-state index in [1.807, 2.05) is 24.3 Å². The van der Waals surface area contributed by atoms with Crippen LogP contribution >= 0.6 is 0 Å². The Labute approximate surface area is 101 Å². The maximum Gasteiger partial charge on any atom is 0.156 e. The first kappa shape index (κ1) is 11.8. The molecule has 0 radical (unpaired) electrons. The van der Waals surface area contributed by atoms with Crippen molar-refractivity contribution in [2.24, 2.45) is 0 Å². The molecule has 0 saturated carbocycles. The van der Waals surface area contributed by atoms with Gasteiger partial charge in [0.15, 0.2) is 5.82 Å². The van der Waals surface area contributed by atoms with Gasteiger partial charge < -0.3 is 10.4 Å². The first-order chi connectivity index (χ1) is 8.31. The minimum Gasteiger partial charge on any atom is -0.396 e. The Kier molecular flexibility index (Phi) is 3.88. The van der Waals surface area contributed by atoms with Gasteiger partial charge in [0.1, 0.15) is 0 Å². The number of anilines is 1. The van der Waals surface area contributed by atoms with Crippen LogP contribution in [0.1, 0.15) is 19.8 Å². The summed E-state index contributed by atoms with van der Waals surface area (Å²) in [6.45, 7) is 2.31. The summed E-state index contributed by atoms with van der Waals surface area (Å²) in [6, 6.07) is 8.32. The Bertz CT molecular complexity index is 482. The van der Waals surface area contributed by atoms with E-state index in [2.05, 4.69) is 22.4 Å². The molecule has 1 unspecified atom stereocenters. The van der Waals surface area contributed by atoms with Gasteiger partial charge >= 0.3 is 0 Å². The molecular weight excluding hydrogens is 214 g/mol. The van der Waals surface area contributed by atoms with E-state index in [9.17, 15) is 0 Å². The number of rotatable bonds is 5. The topological polar surface area (TPSA) is 58.0 Å². The van der Waals surface area contributed by atoms with Gasteiger partial charge in [-0.05, 0) is 19.8 Å². The van der Waals surface area contributed by atoms with E-state index in [0.717, 1.165) is 29.4 Å². The number of nitrogens with zero attached hydrogens (tertiary/aromatic N) is 2. The average molecular weight is 231 g/mol. The fraction of sp³-hybridized carbons (Fsp3) is 0.385. The van der Waals surface area contributed by atoms with Crippen LogP contribution in [-0.4, -0.2) is 28.0 Å². The first-order valence-electron chi connectivity index (χ1n) is 5.89. The molecule has 0 spiro atoms. The Hall–Kier alpha value is -1.68. The lowest BCUT2D eigenvalue weighted by Crippen LogP contribution is -2.16. The number of nitrogens with one attached hydrogen (secondary N) is 1. The third-order valence-electron chi connectivity index (χ3n) is 2.75. The molecule has 4 nitrogen and oxygen atoms in total. The van der Waals surface area contributed by atoms with E-state index in [4.69, 9.17) is 5.11 Å². The van der Waals surface area contributed by atoms with Crippen molar-refractivity contribution >= 4 is 16.6 Å². The number of aliphatic hydroxyl groups excluding tert-OH is 1. The van der Waals surface area contributed by atoms with Gasteiger partial charge in [-0.25, -0.2) is 0 Å². The van der Waals surface area contributed by atoms with Gasteiger partial charge in [0.2, 0.25) is 0 Å². The van der Waals surface area contributed by atoms with E-state index >= 15 is 0 Å². The molecule has 1 aromatic heterocycles. The lowest BCUT2D eigenvalue weighted by molar-refractivity contribution is 0.282. The molecule has 90 valence electrons. The second-order valence-electron chi connectivity index (χ2n) is 4.19. The van der Waals surface area contributed by atoms with Crippen molar-refractivity contribution in [3.8, 4) is 0 Å². The highest BCUT2D eigenvalue weighted by Crippen LogP contribution is 2.20. The fourth-order valence-corrected chi connectivity index (χ4v) is 1.84. The molecule has 0 fully saturated rings. The molecule has 2 N–H and O–H groups in total. The van der Waals surface area contributed by atoms with Crippen LogP contribution in [0, 0.1) is 0 Å². The Morgan fingerprint density at radius 1 is 1.35 bits per heavy atom. The summed E-state index contributed by atoms with van der Waals surface area (Å²) < 4.78 is 0. The minimum atomic E-state index is 0.229. The number of hydrogen-bond donors (Lipinski definition) is 2. The maximum absolute atomic E-state index is 8.80. The second-order valence-corrected chi connectivity index (χ2v) is 4.19. The van der Waals surface area contributed by atoms with Gasteiger partial charge in [0.25, 0.3) is 0 Å². The lowest BCUT2D eigenvalue weighted by atomic mass is 10.1. The number of aromatic nitrogens is 2. The SMILES string of the molecule is CC(CCCO)Nc1nncc2ccccc12. The van der Waals surface area contributed by atoms with E-state index < -0.39 is 0 Å². The van der Waals surface area contributed by atoms with Crippen molar-refractivity contribution in [2.75, 3.05) is 11.9 Å². The van der Waals surface area contributed by atoms with Crippen LogP contribution in [0.5, 0.6) is 0 Å². The molecule has 0 amide bonds. The summed E-state index contributed by atoms with van der Waals surface area (Å²) in [4.78, 5) is 0. The minimum absolute atomic E-state index is 0.229. The average Bonchev–Trinajstić information content (AvgIpc) is 2.37.